The first-order valence-electron chi connectivity index (χ1n) is 4.30. The van der Waals surface area contributed by atoms with E-state index < -0.39 is 7.12 Å². The van der Waals surface area contributed by atoms with Crippen molar-refractivity contribution >= 4 is 19.0 Å². The summed E-state index contributed by atoms with van der Waals surface area (Å²) < 4.78 is 1.66. The molecule has 0 radical (unpaired) electrons. The van der Waals surface area contributed by atoms with E-state index in [2.05, 4.69) is 5.10 Å². The Labute approximate surface area is 87.2 Å². The van der Waals surface area contributed by atoms with Gasteiger partial charge in [-0.05, 0) is 17.6 Å². The van der Waals surface area contributed by atoms with Gasteiger partial charge in [-0.3, -0.25) is 4.79 Å². The number of rotatable bonds is 3. The van der Waals surface area contributed by atoms with E-state index in [9.17, 15) is 4.79 Å². The van der Waals surface area contributed by atoms with Crippen LogP contribution in [0.25, 0.3) is 0 Å². The molecular weight excluding hydrogens is 197 g/mol. The van der Waals surface area contributed by atoms with Gasteiger partial charge in [-0.15, -0.1) is 0 Å². The Morgan fingerprint density at radius 3 is 2.80 bits per heavy atom. The molecule has 1 aromatic rings. The molecule has 1 rings (SSSR count). The summed E-state index contributed by atoms with van der Waals surface area (Å²) in [5.74, 6) is 0. The third-order valence-corrected chi connectivity index (χ3v) is 1.86. The van der Waals surface area contributed by atoms with Crippen LogP contribution in [0.5, 0.6) is 0 Å². The number of aryl methyl sites for hydroxylation is 1. The van der Waals surface area contributed by atoms with Gasteiger partial charge in [-0.1, -0.05) is 0 Å². The largest absolute Gasteiger partial charge is 0.488 e. The van der Waals surface area contributed by atoms with E-state index in [1.165, 1.54) is 13.1 Å². The lowest BCUT2D eigenvalue weighted by Crippen LogP contribution is -2.35. The molecule has 0 saturated carbocycles. The highest BCUT2D eigenvalue weighted by molar-refractivity contribution is 6.58. The summed E-state index contributed by atoms with van der Waals surface area (Å²) in [4.78, 5) is 10.4. The van der Waals surface area contributed by atoms with Crippen molar-refractivity contribution in [3.05, 3.63) is 23.8 Å². The molecule has 6 nitrogen and oxygen atoms in total. The van der Waals surface area contributed by atoms with Gasteiger partial charge >= 0.3 is 7.12 Å². The smallest absolute Gasteiger partial charge is 0.423 e. The molecule has 0 unspecified atom stereocenters. The Kier molecular flexibility index (Phi) is 3.65. The van der Waals surface area contributed by atoms with Crippen LogP contribution in [-0.4, -0.2) is 40.2 Å². The normalized spacial score (nSPS) is 11.3. The lowest BCUT2D eigenvalue weighted by molar-refractivity contribution is -0.117. The second kappa shape index (κ2) is 4.76. The number of amides is 1. The van der Waals surface area contributed by atoms with E-state index in [-0.39, 0.29) is 0 Å². The van der Waals surface area contributed by atoms with Crippen LogP contribution in [0, 0.1) is 0 Å². The second-order valence-electron chi connectivity index (χ2n) is 3.08. The number of hydrogen-bond donors (Lipinski definition) is 2. The number of carbonyl (C=O) groups excluding carboxylic acids is 1. The first kappa shape index (κ1) is 11.5. The Morgan fingerprint density at radius 1 is 1.60 bits per heavy atom. The molecule has 1 heterocycles. The van der Waals surface area contributed by atoms with Crippen molar-refractivity contribution in [2.75, 3.05) is 7.05 Å². The van der Waals surface area contributed by atoms with Gasteiger partial charge in [0.2, 0.25) is 6.41 Å². The highest BCUT2D eigenvalue weighted by Gasteiger charge is 2.10. The van der Waals surface area contributed by atoms with Crippen molar-refractivity contribution in [3.8, 4) is 0 Å². The molecular formula is C8H12BN3O3. The van der Waals surface area contributed by atoms with Crippen LogP contribution in [0.3, 0.4) is 0 Å². The fourth-order valence-corrected chi connectivity index (χ4v) is 1.02. The molecule has 2 N–H and O–H groups in total. The zero-order valence-electron chi connectivity index (χ0n) is 8.53. The van der Waals surface area contributed by atoms with Crippen LogP contribution < -0.4 is 11.0 Å². The third-order valence-electron chi connectivity index (χ3n) is 1.86. The maximum absolute atomic E-state index is 10.4. The molecule has 15 heavy (non-hydrogen) atoms. The average molecular weight is 209 g/mol. The highest BCUT2D eigenvalue weighted by atomic mass is 16.4. The molecule has 0 aliphatic rings. The van der Waals surface area contributed by atoms with Gasteiger partial charge in [0, 0.05) is 20.3 Å². The Bertz CT molecular complexity index is 416. The van der Waals surface area contributed by atoms with Crippen LogP contribution >= 0.6 is 0 Å². The molecule has 1 amide bonds. The summed E-state index contributed by atoms with van der Waals surface area (Å²) in [6.07, 6.45) is 2.19. The van der Waals surface area contributed by atoms with Gasteiger partial charge in [0.25, 0.3) is 0 Å². The van der Waals surface area contributed by atoms with Crippen molar-refractivity contribution in [1.29, 1.82) is 0 Å². The maximum Gasteiger partial charge on any atom is 0.488 e. The fourth-order valence-electron chi connectivity index (χ4n) is 1.02. The summed E-state index contributed by atoms with van der Waals surface area (Å²) in [5, 5.41) is 22.9. The summed E-state index contributed by atoms with van der Waals surface area (Å²) in [6.45, 7) is 0. The predicted molar refractivity (Wildman–Crippen MR) is 54.6 cm³/mol. The molecule has 0 saturated heterocycles. The van der Waals surface area contributed by atoms with Crippen molar-refractivity contribution in [2.45, 2.75) is 0 Å². The lowest BCUT2D eigenvalue weighted by Gasteiger charge is -2.06. The Hall–Kier alpha value is -1.60. The van der Waals surface area contributed by atoms with Crippen LogP contribution in [0.4, 0.5) is 0 Å². The van der Waals surface area contributed by atoms with Crippen LogP contribution in [-0.2, 0) is 11.8 Å². The molecule has 0 aliphatic heterocycles. The minimum absolute atomic E-state index is 0.325. The first-order chi connectivity index (χ1) is 7.04. The quantitative estimate of drug-likeness (QED) is 0.331. The Balaban J connectivity index is 3.21. The average Bonchev–Trinajstić information content (AvgIpc) is 2.20. The summed E-state index contributed by atoms with van der Waals surface area (Å²) >= 11 is 0. The van der Waals surface area contributed by atoms with E-state index in [0.29, 0.717) is 17.4 Å². The van der Waals surface area contributed by atoms with E-state index in [4.69, 9.17) is 10.0 Å². The number of hydrogen-bond acceptors (Lipinski definition) is 4. The van der Waals surface area contributed by atoms with E-state index >= 15 is 0 Å². The van der Waals surface area contributed by atoms with Gasteiger partial charge in [-0.2, -0.15) is 5.10 Å². The Morgan fingerprint density at radius 2 is 2.27 bits per heavy atom. The number of carbonyl (C=O) groups is 1. The minimum atomic E-state index is -1.54. The first-order valence-corrected chi connectivity index (χ1v) is 4.30. The second-order valence-corrected chi connectivity index (χ2v) is 3.08. The fraction of sp³-hybridized carbons (Fsp3) is 0.250. The van der Waals surface area contributed by atoms with Crippen molar-refractivity contribution in [3.63, 3.8) is 0 Å². The molecule has 0 fully saturated rings. The molecule has 0 atom stereocenters. The van der Waals surface area contributed by atoms with Crippen LogP contribution in [0.15, 0.2) is 23.4 Å². The molecule has 7 heteroatoms. The van der Waals surface area contributed by atoms with Crippen LogP contribution in [0.1, 0.15) is 0 Å². The minimum Gasteiger partial charge on any atom is -0.423 e. The van der Waals surface area contributed by atoms with Gasteiger partial charge in [0.1, 0.15) is 0 Å². The molecule has 0 bridgehead atoms. The van der Waals surface area contributed by atoms with Crippen molar-refractivity contribution in [1.82, 2.24) is 9.58 Å². The third kappa shape index (κ3) is 2.93. The number of nitrogens with zero attached hydrogens (tertiary/aromatic N) is 3. The summed E-state index contributed by atoms with van der Waals surface area (Å²) in [5.41, 5.74) is 0.779. The standard InChI is InChI=1S/C8H12BN3O3/c1-11-4-3-7(9(14)15)5-8(11)10-12(2)6-13/h3-6,14-15H,1-2H3/b10-8-. The van der Waals surface area contributed by atoms with Gasteiger partial charge in [0.05, 0.1) is 0 Å². The predicted octanol–water partition coefficient (Wildman–Crippen LogP) is -2.39. The van der Waals surface area contributed by atoms with E-state index in [1.54, 1.807) is 23.9 Å². The van der Waals surface area contributed by atoms with Crippen LogP contribution in [0.2, 0.25) is 0 Å². The number of aromatic nitrogens is 1. The SMILES string of the molecule is CN(C=O)/N=c1/cc(B(O)O)ccn1C. The molecule has 0 aromatic carbocycles. The highest BCUT2D eigenvalue weighted by Crippen LogP contribution is 1.80. The van der Waals surface area contributed by atoms with Gasteiger partial charge in [0.15, 0.2) is 5.49 Å². The maximum atomic E-state index is 10.4. The zero-order valence-corrected chi connectivity index (χ0v) is 8.53. The molecule has 0 spiro atoms. The van der Waals surface area contributed by atoms with Crippen molar-refractivity contribution < 1.29 is 14.8 Å². The topological polar surface area (TPSA) is 78.1 Å². The van der Waals surface area contributed by atoms with Gasteiger partial charge < -0.3 is 14.6 Å². The molecule has 1 aromatic heterocycles. The van der Waals surface area contributed by atoms with Gasteiger partial charge in [-0.25, -0.2) is 5.01 Å². The monoisotopic (exact) mass is 209 g/mol. The molecule has 80 valence electrons. The van der Waals surface area contributed by atoms with E-state index in [0.717, 1.165) is 5.01 Å². The number of pyridine rings is 1. The van der Waals surface area contributed by atoms with E-state index in [1.807, 2.05) is 0 Å². The zero-order chi connectivity index (χ0) is 11.4. The molecule has 0 aliphatic carbocycles. The summed E-state index contributed by atoms with van der Waals surface area (Å²) in [7, 11) is 1.70. The van der Waals surface area contributed by atoms with Crippen molar-refractivity contribution in [2.24, 2.45) is 12.1 Å². The summed E-state index contributed by atoms with van der Waals surface area (Å²) in [6, 6.07) is 3.05. The lowest BCUT2D eigenvalue weighted by atomic mass is 9.81.